The van der Waals surface area contributed by atoms with Crippen LogP contribution >= 0.6 is 11.8 Å². The fourth-order valence-corrected chi connectivity index (χ4v) is 2.52. The Balaban J connectivity index is 1.79. The number of nitrogens with zero attached hydrogens (tertiary/aromatic N) is 4. The van der Waals surface area contributed by atoms with Crippen LogP contribution in [0.15, 0.2) is 5.16 Å². The van der Waals surface area contributed by atoms with Crippen LogP contribution in [0, 0.1) is 0 Å². The summed E-state index contributed by atoms with van der Waals surface area (Å²) < 4.78 is 7.16. The summed E-state index contributed by atoms with van der Waals surface area (Å²) in [4.78, 5) is 11.2. The van der Waals surface area contributed by atoms with Crippen LogP contribution in [0.25, 0.3) is 0 Å². The molecule has 2 atom stereocenters. The Labute approximate surface area is 102 Å². The summed E-state index contributed by atoms with van der Waals surface area (Å²) in [6.45, 7) is 0. The lowest BCUT2D eigenvalue weighted by atomic mass is 10.2. The van der Waals surface area contributed by atoms with Crippen LogP contribution in [0.5, 0.6) is 0 Å². The third-order valence-electron chi connectivity index (χ3n) is 2.52. The van der Waals surface area contributed by atoms with Gasteiger partial charge in [-0.1, -0.05) is 11.8 Å². The normalized spacial score (nSPS) is 23.9. The third kappa shape index (κ3) is 2.93. The fourth-order valence-electron chi connectivity index (χ4n) is 1.63. The van der Waals surface area contributed by atoms with Gasteiger partial charge in [0.1, 0.15) is 6.10 Å². The number of ether oxygens (including phenoxy) is 1. The Kier molecular flexibility index (Phi) is 3.92. The number of carbonyl (C=O) groups is 1. The van der Waals surface area contributed by atoms with E-state index in [0.717, 1.165) is 17.3 Å². The first-order valence-corrected chi connectivity index (χ1v) is 6.20. The molecule has 0 aromatic carbocycles. The van der Waals surface area contributed by atoms with Crippen LogP contribution < -0.4 is 11.3 Å². The van der Waals surface area contributed by atoms with Crippen molar-refractivity contribution in [1.29, 1.82) is 0 Å². The SMILES string of the molecule is Cn1nnnc1SCC1CCC(C(=O)NN)O1. The van der Waals surface area contributed by atoms with Crippen molar-refractivity contribution in [3.8, 4) is 0 Å². The molecule has 1 aliphatic heterocycles. The van der Waals surface area contributed by atoms with Crippen LogP contribution in [0.3, 0.4) is 0 Å². The molecule has 0 radical (unpaired) electrons. The van der Waals surface area contributed by atoms with E-state index in [1.54, 1.807) is 11.7 Å². The Bertz CT molecular complexity index is 397. The first kappa shape index (κ1) is 12.3. The molecule has 0 bridgehead atoms. The number of tetrazole rings is 1. The molecule has 0 spiro atoms. The quantitative estimate of drug-likeness (QED) is 0.303. The van der Waals surface area contributed by atoms with Gasteiger partial charge in [0.15, 0.2) is 0 Å². The minimum Gasteiger partial charge on any atom is -0.364 e. The molecular weight excluding hydrogens is 244 g/mol. The highest BCUT2D eigenvalue weighted by molar-refractivity contribution is 7.99. The number of nitrogens with one attached hydrogen (secondary N) is 1. The second-order valence-electron chi connectivity index (χ2n) is 3.73. The summed E-state index contributed by atoms with van der Waals surface area (Å²) in [7, 11) is 1.78. The minimum absolute atomic E-state index is 0.0407. The smallest absolute Gasteiger partial charge is 0.263 e. The molecule has 2 rings (SSSR count). The molecule has 1 aromatic rings. The largest absolute Gasteiger partial charge is 0.364 e. The zero-order valence-electron chi connectivity index (χ0n) is 9.37. The van der Waals surface area contributed by atoms with Crippen LogP contribution in [-0.4, -0.2) is 44.1 Å². The number of carbonyl (C=O) groups excluding carboxylic acids is 1. The topological polar surface area (TPSA) is 108 Å². The molecule has 1 amide bonds. The average Bonchev–Trinajstić information content (AvgIpc) is 2.94. The van der Waals surface area contributed by atoms with Gasteiger partial charge >= 0.3 is 0 Å². The number of rotatable bonds is 4. The maximum absolute atomic E-state index is 11.2. The molecule has 8 nitrogen and oxygen atoms in total. The van der Waals surface area contributed by atoms with E-state index in [0.29, 0.717) is 6.42 Å². The molecule has 0 saturated carbocycles. The van der Waals surface area contributed by atoms with Crippen LogP contribution in [0.1, 0.15) is 12.8 Å². The van der Waals surface area contributed by atoms with Crippen molar-refractivity contribution in [1.82, 2.24) is 25.6 Å². The summed E-state index contributed by atoms with van der Waals surface area (Å²) in [5, 5.41) is 11.9. The van der Waals surface area contributed by atoms with Gasteiger partial charge in [0.2, 0.25) is 5.16 Å². The van der Waals surface area contributed by atoms with Gasteiger partial charge < -0.3 is 4.74 Å². The highest BCUT2D eigenvalue weighted by atomic mass is 32.2. The summed E-state index contributed by atoms with van der Waals surface area (Å²) in [5.41, 5.74) is 2.10. The van der Waals surface area contributed by atoms with Crippen molar-refractivity contribution < 1.29 is 9.53 Å². The highest BCUT2D eigenvalue weighted by Crippen LogP contribution is 2.25. The van der Waals surface area contributed by atoms with Gasteiger partial charge in [-0.3, -0.25) is 10.2 Å². The molecular formula is C8H14N6O2S. The predicted molar refractivity (Wildman–Crippen MR) is 59.7 cm³/mol. The van der Waals surface area contributed by atoms with E-state index in [9.17, 15) is 4.79 Å². The number of thioether (sulfide) groups is 1. The summed E-state index contributed by atoms with van der Waals surface area (Å²) >= 11 is 1.51. The molecule has 2 heterocycles. The van der Waals surface area contributed by atoms with Gasteiger partial charge in [-0.2, -0.15) is 0 Å². The van der Waals surface area contributed by atoms with E-state index in [1.807, 2.05) is 0 Å². The maximum Gasteiger partial charge on any atom is 0.263 e. The molecule has 94 valence electrons. The van der Waals surface area contributed by atoms with E-state index in [1.165, 1.54) is 11.8 Å². The summed E-state index contributed by atoms with van der Waals surface area (Å²) in [5.74, 6) is 5.51. The van der Waals surface area contributed by atoms with Gasteiger partial charge in [-0.25, -0.2) is 10.5 Å². The Morgan fingerprint density at radius 2 is 2.53 bits per heavy atom. The first-order valence-electron chi connectivity index (χ1n) is 5.21. The standard InChI is InChI=1S/C8H14N6O2S/c1-14-8(11-12-13-14)17-4-5-2-3-6(16-5)7(15)10-9/h5-6H,2-4,9H2,1H3,(H,10,15). The molecule has 1 aliphatic rings. The molecule has 1 saturated heterocycles. The van der Waals surface area contributed by atoms with E-state index in [2.05, 4.69) is 21.0 Å². The molecule has 2 unspecified atom stereocenters. The second kappa shape index (κ2) is 5.43. The number of hydrazine groups is 1. The fraction of sp³-hybridized carbons (Fsp3) is 0.750. The zero-order valence-corrected chi connectivity index (χ0v) is 10.2. The van der Waals surface area contributed by atoms with Crippen LogP contribution in [0.2, 0.25) is 0 Å². The van der Waals surface area contributed by atoms with Crippen LogP contribution in [0.4, 0.5) is 0 Å². The molecule has 9 heteroatoms. The zero-order chi connectivity index (χ0) is 12.3. The lowest BCUT2D eigenvalue weighted by molar-refractivity contribution is -0.131. The van der Waals surface area contributed by atoms with Crippen LogP contribution in [-0.2, 0) is 16.6 Å². The molecule has 0 aliphatic carbocycles. The molecule has 1 aromatic heterocycles. The number of hydrogen-bond acceptors (Lipinski definition) is 7. The van der Waals surface area contributed by atoms with Crippen molar-refractivity contribution >= 4 is 17.7 Å². The first-order chi connectivity index (χ1) is 8.20. The van der Waals surface area contributed by atoms with Crippen molar-refractivity contribution in [2.24, 2.45) is 12.9 Å². The lowest BCUT2D eigenvalue weighted by Crippen LogP contribution is -2.39. The predicted octanol–water partition coefficient (Wildman–Crippen LogP) is -1.16. The van der Waals surface area contributed by atoms with Gasteiger partial charge in [0.25, 0.3) is 5.91 Å². The van der Waals surface area contributed by atoms with Gasteiger partial charge in [0.05, 0.1) is 6.10 Å². The minimum atomic E-state index is -0.428. The monoisotopic (exact) mass is 258 g/mol. The van der Waals surface area contributed by atoms with E-state index >= 15 is 0 Å². The number of aromatic nitrogens is 4. The Morgan fingerprint density at radius 1 is 1.71 bits per heavy atom. The maximum atomic E-state index is 11.2. The highest BCUT2D eigenvalue weighted by Gasteiger charge is 2.30. The molecule has 17 heavy (non-hydrogen) atoms. The van der Waals surface area contributed by atoms with Crippen molar-refractivity contribution in [2.45, 2.75) is 30.2 Å². The summed E-state index contributed by atoms with van der Waals surface area (Å²) in [6.07, 6.45) is 1.16. The van der Waals surface area contributed by atoms with Gasteiger partial charge in [-0.15, -0.1) is 5.10 Å². The van der Waals surface area contributed by atoms with Crippen molar-refractivity contribution in [3.05, 3.63) is 0 Å². The Hall–Kier alpha value is -1.19. The number of hydrogen-bond donors (Lipinski definition) is 2. The van der Waals surface area contributed by atoms with Crippen molar-refractivity contribution in [2.75, 3.05) is 5.75 Å². The van der Waals surface area contributed by atoms with Gasteiger partial charge in [0, 0.05) is 12.8 Å². The number of amides is 1. The third-order valence-corrected chi connectivity index (χ3v) is 3.66. The van der Waals surface area contributed by atoms with E-state index in [-0.39, 0.29) is 12.0 Å². The number of aryl methyl sites for hydroxylation is 1. The van der Waals surface area contributed by atoms with Crippen molar-refractivity contribution in [3.63, 3.8) is 0 Å². The second-order valence-corrected chi connectivity index (χ2v) is 4.72. The lowest BCUT2D eigenvalue weighted by Gasteiger charge is -2.11. The van der Waals surface area contributed by atoms with E-state index < -0.39 is 6.10 Å². The van der Waals surface area contributed by atoms with Gasteiger partial charge in [-0.05, 0) is 23.3 Å². The Morgan fingerprint density at radius 3 is 3.18 bits per heavy atom. The van der Waals surface area contributed by atoms with E-state index in [4.69, 9.17) is 10.6 Å². The average molecular weight is 258 g/mol. The number of nitrogens with two attached hydrogens (primary N) is 1. The molecule has 3 N–H and O–H groups in total. The summed E-state index contributed by atoms with van der Waals surface area (Å²) in [6, 6.07) is 0. The molecule has 1 fully saturated rings.